The number of hydrogen-bond donors (Lipinski definition) is 2. The topological polar surface area (TPSA) is 54.8 Å². The minimum absolute atomic E-state index is 0.537. The normalized spacial score (nSPS) is 19.3. The molecule has 2 heterocycles. The molecule has 2 aromatic rings. The van der Waals surface area contributed by atoms with Gasteiger partial charge in [-0.15, -0.1) is 0 Å². The van der Waals surface area contributed by atoms with Crippen LogP contribution in [0.2, 0.25) is 0 Å². The predicted octanol–water partition coefficient (Wildman–Crippen LogP) is 1.49. The second-order valence-corrected chi connectivity index (χ2v) is 4.98. The molecule has 0 amide bonds. The zero-order valence-electron chi connectivity index (χ0n) is 10.9. The highest BCUT2D eigenvalue weighted by atomic mass is 15.3. The second kappa shape index (κ2) is 5.84. The Bertz CT molecular complexity index is 502. The second-order valence-electron chi connectivity index (χ2n) is 4.98. The summed E-state index contributed by atoms with van der Waals surface area (Å²) in [4.78, 5) is 3.96. The van der Waals surface area contributed by atoms with Gasteiger partial charge in [-0.1, -0.05) is 12.1 Å². The number of rotatable bonds is 4. The van der Waals surface area contributed by atoms with Crippen molar-refractivity contribution >= 4 is 5.69 Å². The van der Waals surface area contributed by atoms with Crippen LogP contribution in [0, 0.1) is 0 Å². The molecule has 1 aliphatic heterocycles. The summed E-state index contributed by atoms with van der Waals surface area (Å²) in [6.07, 6.45) is 5.79. The van der Waals surface area contributed by atoms with E-state index in [9.17, 15) is 0 Å². The average Bonchev–Trinajstić information content (AvgIpc) is 2.93. The van der Waals surface area contributed by atoms with Crippen LogP contribution in [0.4, 0.5) is 5.69 Å². The van der Waals surface area contributed by atoms with E-state index in [1.54, 1.807) is 12.7 Å². The highest BCUT2D eigenvalue weighted by molar-refractivity contribution is 5.46. The van der Waals surface area contributed by atoms with E-state index in [-0.39, 0.29) is 0 Å². The van der Waals surface area contributed by atoms with E-state index in [1.165, 1.54) is 24.1 Å². The minimum atomic E-state index is 0.537. The fraction of sp³-hybridized carbons (Fsp3) is 0.429. The first-order valence-corrected chi connectivity index (χ1v) is 6.79. The first-order chi connectivity index (χ1) is 9.40. The van der Waals surface area contributed by atoms with E-state index >= 15 is 0 Å². The molecule has 0 spiro atoms. The maximum atomic E-state index is 4.13. The fourth-order valence-corrected chi connectivity index (χ4v) is 2.47. The predicted molar refractivity (Wildman–Crippen MR) is 75.1 cm³/mol. The van der Waals surface area contributed by atoms with Crippen molar-refractivity contribution in [2.45, 2.75) is 25.4 Å². The molecule has 1 saturated heterocycles. The third-order valence-electron chi connectivity index (χ3n) is 3.41. The number of aromatic nitrogens is 3. The third-order valence-corrected chi connectivity index (χ3v) is 3.41. The number of anilines is 1. The van der Waals surface area contributed by atoms with Crippen LogP contribution in [0.5, 0.6) is 0 Å². The molecule has 100 valence electrons. The fourth-order valence-electron chi connectivity index (χ4n) is 2.47. The summed E-state index contributed by atoms with van der Waals surface area (Å²) in [7, 11) is 0. The Balaban J connectivity index is 1.65. The Morgan fingerprint density at radius 3 is 3.21 bits per heavy atom. The molecule has 1 aromatic heterocycles. The van der Waals surface area contributed by atoms with Gasteiger partial charge in [0.2, 0.25) is 0 Å². The Kier molecular flexibility index (Phi) is 3.74. The van der Waals surface area contributed by atoms with Crippen molar-refractivity contribution in [1.29, 1.82) is 0 Å². The van der Waals surface area contributed by atoms with Crippen LogP contribution in [0.15, 0.2) is 36.9 Å². The van der Waals surface area contributed by atoms with Gasteiger partial charge in [-0.25, -0.2) is 9.67 Å². The molecule has 5 heteroatoms. The number of nitrogens with one attached hydrogen (secondary N) is 2. The lowest BCUT2D eigenvalue weighted by atomic mass is 10.1. The van der Waals surface area contributed by atoms with Crippen LogP contribution < -0.4 is 10.6 Å². The molecule has 19 heavy (non-hydrogen) atoms. The standard InChI is InChI=1S/C14H19N5/c1-3-12(9-19-11-16-10-17-19)7-13(4-1)18-14-5-2-6-15-8-14/h1,3-4,7,10-11,14-15,18H,2,5-6,8-9H2. The summed E-state index contributed by atoms with van der Waals surface area (Å²) in [6, 6.07) is 9.06. The van der Waals surface area contributed by atoms with Crippen molar-refractivity contribution in [3.63, 3.8) is 0 Å². The van der Waals surface area contributed by atoms with Gasteiger partial charge in [0.15, 0.2) is 0 Å². The molecule has 0 radical (unpaired) electrons. The van der Waals surface area contributed by atoms with Crippen LogP contribution >= 0.6 is 0 Å². The number of benzene rings is 1. The minimum Gasteiger partial charge on any atom is -0.381 e. The lowest BCUT2D eigenvalue weighted by molar-refractivity contribution is 0.480. The van der Waals surface area contributed by atoms with Gasteiger partial charge in [-0.2, -0.15) is 5.10 Å². The first-order valence-electron chi connectivity index (χ1n) is 6.79. The van der Waals surface area contributed by atoms with Gasteiger partial charge in [0.25, 0.3) is 0 Å². The maximum Gasteiger partial charge on any atom is 0.137 e. The summed E-state index contributed by atoms with van der Waals surface area (Å²) in [6.45, 7) is 2.95. The summed E-state index contributed by atoms with van der Waals surface area (Å²) in [5.41, 5.74) is 2.42. The quantitative estimate of drug-likeness (QED) is 0.871. The van der Waals surface area contributed by atoms with Crippen molar-refractivity contribution in [3.8, 4) is 0 Å². The van der Waals surface area contributed by atoms with E-state index in [1.807, 2.05) is 4.68 Å². The summed E-state index contributed by atoms with van der Waals surface area (Å²) < 4.78 is 1.83. The van der Waals surface area contributed by atoms with E-state index in [0.29, 0.717) is 6.04 Å². The Morgan fingerprint density at radius 2 is 2.42 bits per heavy atom. The molecule has 0 aliphatic carbocycles. The maximum absolute atomic E-state index is 4.13. The highest BCUT2D eigenvalue weighted by Gasteiger charge is 2.12. The molecule has 1 atom stereocenters. The largest absolute Gasteiger partial charge is 0.381 e. The van der Waals surface area contributed by atoms with Gasteiger partial charge in [0.1, 0.15) is 12.7 Å². The van der Waals surface area contributed by atoms with Gasteiger partial charge in [0.05, 0.1) is 6.54 Å². The molecule has 5 nitrogen and oxygen atoms in total. The number of nitrogens with zero attached hydrogens (tertiary/aromatic N) is 3. The number of hydrogen-bond acceptors (Lipinski definition) is 4. The molecule has 0 bridgehead atoms. The summed E-state index contributed by atoms with van der Waals surface area (Å²) in [5.74, 6) is 0. The smallest absolute Gasteiger partial charge is 0.137 e. The van der Waals surface area contributed by atoms with Crippen LogP contribution in [0.1, 0.15) is 18.4 Å². The molecule has 1 unspecified atom stereocenters. The van der Waals surface area contributed by atoms with Gasteiger partial charge in [0, 0.05) is 18.3 Å². The molecule has 2 N–H and O–H groups in total. The van der Waals surface area contributed by atoms with Crippen LogP contribution in [0.3, 0.4) is 0 Å². The van der Waals surface area contributed by atoms with Crippen molar-refractivity contribution < 1.29 is 0 Å². The van der Waals surface area contributed by atoms with E-state index < -0.39 is 0 Å². The Morgan fingerprint density at radius 1 is 1.42 bits per heavy atom. The summed E-state index contributed by atoms with van der Waals surface area (Å²) >= 11 is 0. The molecular formula is C14H19N5. The van der Waals surface area contributed by atoms with Crippen LogP contribution in [-0.2, 0) is 6.54 Å². The average molecular weight is 257 g/mol. The van der Waals surface area contributed by atoms with E-state index in [4.69, 9.17) is 0 Å². The molecule has 1 aromatic carbocycles. The summed E-state index contributed by atoms with van der Waals surface area (Å²) in [5, 5.41) is 11.1. The molecular weight excluding hydrogens is 238 g/mol. The van der Waals surface area contributed by atoms with Crippen LogP contribution in [0.25, 0.3) is 0 Å². The lowest BCUT2D eigenvalue weighted by Crippen LogP contribution is -2.38. The van der Waals surface area contributed by atoms with Crippen LogP contribution in [-0.4, -0.2) is 33.9 Å². The van der Waals surface area contributed by atoms with Crippen molar-refractivity contribution in [1.82, 2.24) is 20.1 Å². The van der Waals surface area contributed by atoms with E-state index in [2.05, 4.69) is 45.0 Å². The lowest BCUT2D eigenvalue weighted by Gasteiger charge is -2.25. The van der Waals surface area contributed by atoms with Crippen molar-refractivity contribution in [2.75, 3.05) is 18.4 Å². The Labute approximate surface area is 113 Å². The molecule has 0 saturated carbocycles. The highest BCUT2D eigenvalue weighted by Crippen LogP contribution is 2.15. The molecule has 1 aliphatic rings. The van der Waals surface area contributed by atoms with Gasteiger partial charge >= 0.3 is 0 Å². The first kappa shape index (κ1) is 12.2. The van der Waals surface area contributed by atoms with Gasteiger partial charge < -0.3 is 10.6 Å². The zero-order valence-corrected chi connectivity index (χ0v) is 10.9. The monoisotopic (exact) mass is 257 g/mol. The SMILES string of the molecule is c1cc(Cn2cncn2)cc(NC2CCCNC2)c1. The molecule has 1 fully saturated rings. The zero-order chi connectivity index (χ0) is 12.9. The Hall–Kier alpha value is -1.88. The van der Waals surface area contributed by atoms with Gasteiger partial charge in [-0.05, 0) is 37.1 Å². The van der Waals surface area contributed by atoms with Gasteiger partial charge in [-0.3, -0.25) is 0 Å². The van der Waals surface area contributed by atoms with E-state index in [0.717, 1.165) is 19.6 Å². The van der Waals surface area contributed by atoms with Crippen molar-refractivity contribution in [2.24, 2.45) is 0 Å². The third kappa shape index (κ3) is 3.32. The van der Waals surface area contributed by atoms with Crippen molar-refractivity contribution in [3.05, 3.63) is 42.5 Å². The number of piperidine rings is 1. The molecule has 3 rings (SSSR count).